The molecule has 2 aromatic rings. The van der Waals surface area contributed by atoms with Gasteiger partial charge in [0.05, 0.1) is 10.2 Å². The van der Waals surface area contributed by atoms with E-state index in [2.05, 4.69) is 16.9 Å². The first-order valence-electron chi connectivity index (χ1n) is 7.14. The maximum atomic E-state index is 6.15. The first-order chi connectivity index (χ1) is 9.69. The molecule has 0 aliphatic carbocycles. The lowest BCUT2D eigenvalue weighted by Crippen LogP contribution is -2.43. The molecule has 1 aromatic heterocycles. The fourth-order valence-corrected chi connectivity index (χ4v) is 4.69. The van der Waals surface area contributed by atoms with Crippen molar-refractivity contribution >= 4 is 33.2 Å². The molecule has 2 fully saturated rings. The third-order valence-electron chi connectivity index (χ3n) is 4.65. The molecule has 0 N–H and O–H groups in total. The van der Waals surface area contributed by atoms with E-state index in [-0.39, 0.29) is 0 Å². The molecule has 0 unspecified atom stereocenters. The predicted molar refractivity (Wildman–Crippen MR) is 82.9 cm³/mol. The van der Waals surface area contributed by atoms with Crippen LogP contribution >= 0.6 is 22.9 Å². The van der Waals surface area contributed by atoms with Crippen molar-refractivity contribution in [3.63, 3.8) is 0 Å². The average Bonchev–Trinajstić information content (AvgIpc) is 2.87. The Morgan fingerprint density at radius 3 is 2.80 bits per heavy atom. The van der Waals surface area contributed by atoms with E-state index in [1.54, 1.807) is 11.3 Å². The van der Waals surface area contributed by atoms with E-state index in [1.165, 1.54) is 12.8 Å². The van der Waals surface area contributed by atoms with Crippen molar-refractivity contribution in [2.45, 2.75) is 43.9 Å². The summed E-state index contributed by atoms with van der Waals surface area (Å²) in [5.41, 5.74) is 0.977. The molecule has 1 aromatic carbocycles. The number of hydrogen-bond acceptors (Lipinski definition) is 4. The maximum Gasteiger partial charge on any atom is 0.274 e. The minimum absolute atomic E-state index is 0.319. The van der Waals surface area contributed by atoms with Crippen LogP contribution < -0.4 is 4.74 Å². The first kappa shape index (κ1) is 12.9. The van der Waals surface area contributed by atoms with E-state index in [1.807, 2.05) is 18.2 Å². The van der Waals surface area contributed by atoms with Crippen LogP contribution in [0.1, 0.15) is 25.7 Å². The van der Waals surface area contributed by atoms with Crippen LogP contribution in [0.25, 0.3) is 10.2 Å². The van der Waals surface area contributed by atoms with Crippen molar-refractivity contribution in [2.75, 3.05) is 7.05 Å². The average molecular weight is 309 g/mol. The van der Waals surface area contributed by atoms with Gasteiger partial charge in [0.1, 0.15) is 6.10 Å². The molecule has 2 bridgehead atoms. The van der Waals surface area contributed by atoms with Crippen LogP contribution in [0, 0.1) is 0 Å². The molecule has 2 saturated heterocycles. The third-order valence-corrected chi connectivity index (χ3v) is 5.80. The van der Waals surface area contributed by atoms with Gasteiger partial charge in [-0.05, 0) is 50.9 Å². The number of thiazole rings is 1. The number of halogens is 1. The highest BCUT2D eigenvalue weighted by molar-refractivity contribution is 7.20. The van der Waals surface area contributed by atoms with E-state index in [9.17, 15) is 0 Å². The third kappa shape index (κ3) is 2.20. The van der Waals surface area contributed by atoms with Crippen molar-refractivity contribution in [1.29, 1.82) is 0 Å². The Labute approximate surface area is 127 Å². The van der Waals surface area contributed by atoms with Crippen molar-refractivity contribution in [3.05, 3.63) is 23.2 Å². The normalized spacial score (nSPS) is 30.0. The molecule has 0 radical (unpaired) electrons. The predicted octanol–water partition coefficient (Wildman–Crippen LogP) is 3.95. The molecule has 0 saturated carbocycles. The molecule has 4 rings (SSSR count). The Morgan fingerprint density at radius 1 is 1.30 bits per heavy atom. The van der Waals surface area contributed by atoms with Gasteiger partial charge in [0.25, 0.3) is 5.19 Å². The molecule has 2 aliphatic heterocycles. The molecule has 3 atom stereocenters. The van der Waals surface area contributed by atoms with Gasteiger partial charge in [0.15, 0.2) is 0 Å². The van der Waals surface area contributed by atoms with Crippen LogP contribution in [-0.4, -0.2) is 35.1 Å². The Hall–Kier alpha value is -0.840. The van der Waals surface area contributed by atoms with Gasteiger partial charge < -0.3 is 9.64 Å². The molecule has 3 nitrogen and oxygen atoms in total. The molecule has 0 spiro atoms. The van der Waals surface area contributed by atoms with E-state index < -0.39 is 0 Å². The summed E-state index contributed by atoms with van der Waals surface area (Å²) in [6, 6.07) is 7.19. The summed E-state index contributed by atoms with van der Waals surface area (Å²) in [6.07, 6.45) is 5.21. The van der Waals surface area contributed by atoms with Gasteiger partial charge in [-0.3, -0.25) is 0 Å². The summed E-state index contributed by atoms with van der Waals surface area (Å²) < 4.78 is 7.25. The second-order valence-corrected chi connectivity index (χ2v) is 7.28. The van der Waals surface area contributed by atoms with Gasteiger partial charge in [0, 0.05) is 17.1 Å². The molecule has 3 heterocycles. The van der Waals surface area contributed by atoms with Gasteiger partial charge in [-0.1, -0.05) is 22.9 Å². The summed E-state index contributed by atoms with van der Waals surface area (Å²) in [4.78, 5) is 7.09. The van der Waals surface area contributed by atoms with Crippen LogP contribution in [0.3, 0.4) is 0 Å². The van der Waals surface area contributed by atoms with E-state index in [0.29, 0.717) is 18.2 Å². The number of fused-ring (bicyclic) bond motifs is 3. The van der Waals surface area contributed by atoms with Crippen LogP contribution in [-0.2, 0) is 0 Å². The van der Waals surface area contributed by atoms with Gasteiger partial charge in [0.2, 0.25) is 0 Å². The van der Waals surface area contributed by atoms with Crippen LogP contribution in [0.15, 0.2) is 18.2 Å². The summed E-state index contributed by atoms with van der Waals surface area (Å²) in [6.45, 7) is 0. The SMILES string of the molecule is CN1[C@@H]2CC[C@H]1C[C@H](Oc1nc3ccc(Cl)cc3s1)C2. The summed E-state index contributed by atoms with van der Waals surface area (Å²) in [5.74, 6) is 0. The minimum Gasteiger partial charge on any atom is -0.467 e. The van der Waals surface area contributed by atoms with E-state index in [4.69, 9.17) is 16.3 Å². The number of aromatic nitrogens is 1. The molecule has 106 valence electrons. The molecule has 20 heavy (non-hydrogen) atoms. The highest BCUT2D eigenvalue weighted by Gasteiger charge is 2.39. The standard InChI is InChI=1S/C15H17ClN2OS/c1-18-10-3-4-11(18)8-12(7-10)19-15-17-13-5-2-9(16)6-14(13)20-15/h2,5-6,10-12H,3-4,7-8H2,1H3/t10-,11+,12-. The Balaban J connectivity index is 1.53. The van der Waals surface area contributed by atoms with Gasteiger partial charge in [-0.25, -0.2) is 4.98 Å². The molecular formula is C15H17ClN2OS. The van der Waals surface area contributed by atoms with E-state index in [0.717, 1.165) is 33.3 Å². The molecular weight excluding hydrogens is 292 g/mol. The van der Waals surface area contributed by atoms with Crippen LogP contribution in [0.2, 0.25) is 5.02 Å². The fraction of sp³-hybridized carbons (Fsp3) is 0.533. The Morgan fingerprint density at radius 2 is 2.05 bits per heavy atom. The zero-order chi connectivity index (χ0) is 13.7. The zero-order valence-corrected chi connectivity index (χ0v) is 13.0. The van der Waals surface area contributed by atoms with Crippen molar-refractivity contribution in [2.24, 2.45) is 0 Å². The number of benzene rings is 1. The summed E-state index contributed by atoms with van der Waals surface area (Å²) in [7, 11) is 2.25. The van der Waals surface area contributed by atoms with Crippen molar-refractivity contribution < 1.29 is 4.74 Å². The summed E-state index contributed by atoms with van der Waals surface area (Å²) in [5, 5.41) is 1.54. The number of nitrogens with zero attached hydrogens (tertiary/aromatic N) is 2. The van der Waals surface area contributed by atoms with Gasteiger partial charge >= 0.3 is 0 Å². The lowest BCUT2D eigenvalue weighted by Gasteiger charge is -2.35. The topological polar surface area (TPSA) is 25.4 Å². The highest BCUT2D eigenvalue weighted by Crippen LogP contribution is 2.37. The lowest BCUT2D eigenvalue weighted by atomic mass is 10.0. The van der Waals surface area contributed by atoms with Gasteiger partial charge in [-0.2, -0.15) is 0 Å². The fourth-order valence-electron chi connectivity index (χ4n) is 3.53. The summed E-state index contributed by atoms with van der Waals surface area (Å²) >= 11 is 7.61. The Bertz CT molecular complexity index is 630. The highest BCUT2D eigenvalue weighted by atomic mass is 35.5. The quantitative estimate of drug-likeness (QED) is 0.840. The second kappa shape index (κ2) is 4.86. The second-order valence-electron chi connectivity index (χ2n) is 5.85. The number of hydrogen-bond donors (Lipinski definition) is 0. The molecule has 2 aliphatic rings. The van der Waals surface area contributed by atoms with Gasteiger partial charge in [-0.15, -0.1) is 0 Å². The number of rotatable bonds is 2. The smallest absolute Gasteiger partial charge is 0.274 e. The van der Waals surface area contributed by atoms with Crippen molar-refractivity contribution in [3.8, 4) is 5.19 Å². The lowest BCUT2D eigenvalue weighted by molar-refractivity contribution is 0.0661. The number of ether oxygens (including phenoxy) is 1. The van der Waals surface area contributed by atoms with Crippen LogP contribution in [0.5, 0.6) is 5.19 Å². The number of piperidine rings is 1. The van der Waals surface area contributed by atoms with E-state index >= 15 is 0 Å². The first-order valence-corrected chi connectivity index (χ1v) is 8.33. The maximum absolute atomic E-state index is 6.15. The Kier molecular flexibility index (Phi) is 3.13. The van der Waals surface area contributed by atoms with Crippen molar-refractivity contribution in [1.82, 2.24) is 9.88 Å². The largest absolute Gasteiger partial charge is 0.467 e. The molecule has 5 heteroatoms. The molecule has 0 amide bonds. The van der Waals surface area contributed by atoms with Crippen LogP contribution in [0.4, 0.5) is 0 Å². The minimum atomic E-state index is 0.319. The zero-order valence-electron chi connectivity index (χ0n) is 11.4. The monoisotopic (exact) mass is 308 g/mol.